The Kier molecular flexibility index (Phi) is 30.4. The maximum atomic E-state index is 12.8. The zero-order valence-electron chi connectivity index (χ0n) is 69.5. The quantitative estimate of drug-likeness (QED) is 0.0401. The van der Waals surface area contributed by atoms with Crippen molar-refractivity contribution < 1.29 is 140 Å². The number of hydrogen-bond acceptors (Lipinski definition) is 32. The lowest BCUT2D eigenvalue weighted by molar-refractivity contribution is -0.317. The van der Waals surface area contributed by atoms with Gasteiger partial charge in [-0.2, -0.15) is 15.0 Å². The third kappa shape index (κ3) is 23.4. The zero-order valence-corrected chi connectivity index (χ0v) is 69.5. The summed E-state index contributed by atoms with van der Waals surface area (Å²) in [5.41, 5.74) is -0.471. The van der Waals surface area contributed by atoms with E-state index < -0.39 is 192 Å². The molecule has 1 heterocycles. The van der Waals surface area contributed by atoms with Crippen LogP contribution in [0, 0.1) is 6.92 Å². The molecule has 14 N–H and O–H groups in total. The number of benzene rings is 12. The summed E-state index contributed by atoms with van der Waals surface area (Å²) in [7, 11) is 0. The van der Waals surface area contributed by atoms with Crippen LogP contribution in [0.5, 0.6) is 109 Å². The summed E-state index contributed by atoms with van der Waals surface area (Å²) in [6, 6.07) is 47.5. The minimum Gasteiger partial charge on any atom is -0.873 e. The van der Waals surface area contributed by atoms with Crippen molar-refractivity contribution in [2.75, 3.05) is 31.9 Å². The summed E-state index contributed by atoms with van der Waals surface area (Å²) < 4.78 is 0. The van der Waals surface area contributed by atoms with E-state index in [-0.39, 0.29) is 85.3 Å². The van der Waals surface area contributed by atoms with E-state index in [0.29, 0.717) is 35.5 Å². The fourth-order valence-corrected chi connectivity index (χ4v) is 13.1. The molecule has 0 bridgehead atoms. The molecule has 1 saturated carbocycles. The highest BCUT2D eigenvalue weighted by Crippen LogP contribution is 2.37. The summed E-state index contributed by atoms with van der Waals surface area (Å²) in [5, 5.41) is 233. The first-order valence-electron chi connectivity index (χ1n) is 39.7. The van der Waals surface area contributed by atoms with Crippen LogP contribution < -0.4 is 109 Å². The van der Waals surface area contributed by atoms with Crippen LogP contribution in [0.1, 0.15) is 141 Å². The van der Waals surface area contributed by atoms with Crippen molar-refractivity contribution in [2.24, 2.45) is 0 Å². The molecule has 1 aromatic heterocycles. The molecule has 1 fully saturated rings. The molecule has 13 aromatic rings. The number of rotatable bonds is 23. The highest BCUT2D eigenvalue weighted by atomic mass is 16.3. The first-order chi connectivity index (χ1) is 63.8. The molecule has 39 heteroatoms. The lowest BCUT2D eigenvalue weighted by atomic mass is 9.89. The van der Waals surface area contributed by atoms with E-state index in [1.807, 2.05) is 0 Å². The number of aromatic hydroxyl groups is 6. The minimum absolute atomic E-state index is 0.00723. The van der Waals surface area contributed by atoms with Gasteiger partial charge in [-0.15, -0.1) is 34.5 Å². The van der Waals surface area contributed by atoms with Crippen molar-refractivity contribution in [3.8, 4) is 109 Å². The van der Waals surface area contributed by atoms with Gasteiger partial charge in [-0.3, -0.25) is 53.8 Å². The normalized spacial score (nSPS) is 12.3. The first kappa shape index (κ1) is 95.7. The Morgan fingerprint density at radius 2 is 0.575 bits per heavy atom. The summed E-state index contributed by atoms with van der Waals surface area (Å²) in [5.74, 6) is -22.9. The van der Waals surface area contributed by atoms with Crippen molar-refractivity contribution in [3.05, 3.63) is 304 Å². The van der Waals surface area contributed by atoms with Crippen LogP contribution in [0.2, 0.25) is 0 Å². The summed E-state index contributed by atoms with van der Waals surface area (Å²) in [6.07, 6.45) is 1.95. The van der Waals surface area contributed by atoms with Gasteiger partial charge < -0.3 is 129 Å². The number of phenols is 6. The number of phenolic OH excluding ortho intramolecular Hbond substituents is 6. The second-order valence-corrected chi connectivity index (χ2v) is 29.2. The van der Waals surface area contributed by atoms with Gasteiger partial charge in [-0.25, -0.2) is 0 Å². The molecule has 0 aliphatic heterocycles. The zero-order chi connectivity index (χ0) is 97.1. The molecule has 0 radical (unpaired) electrons. The van der Waals surface area contributed by atoms with Gasteiger partial charge in [0.25, 0.3) is 41.4 Å². The van der Waals surface area contributed by atoms with E-state index in [9.17, 15) is 140 Å². The van der Waals surface area contributed by atoms with Crippen molar-refractivity contribution >= 4 is 93.3 Å². The van der Waals surface area contributed by atoms with Crippen LogP contribution in [-0.4, -0.2) is 111 Å². The number of carbonyl (C=O) groups is 9. The van der Waals surface area contributed by atoms with Crippen molar-refractivity contribution in [2.45, 2.75) is 57.5 Å². The average Bonchev–Trinajstić information content (AvgIpc) is 0.785. The van der Waals surface area contributed by atoms with Gasteiger partial charge in [-0.1, -0.05) is 193 Å². The lowest BCUT2D eigenvalue weighted by Crippen LogP contribution is -2.53. The second-order valence-electron chi connectivity index (χ2n) is 29.2. The van der Waals surface area contributed by atoms with E-state index in [1.165, 1.54) is 115 Å². The van der Waals surface area contributed by atoms with E-state index in [0.717, 1.165) is 73.5 Å². The van der Waals surface area contributed by atoms with Crippen LogP contribution in [-0.2, 0) is 12.8 Å². The van der Waals surface area contributed by atoms with Gasteiger partial charge in [0.2, 0.25) is 11.9 Å². The number of amides is 7. The molecule has 1 aliphatic rings. The third-order valence-corrected chi connectivity index (χ3v) is 19.9. The van der Waals surface area contributed by atoms with Crippen molar-refractivity contribution in [3.63, 3.8) is 0 Å². The van der Waals surface area contributed by atoms with Crippen LogP contribution in [0.25, 0.3) is 5.70 Å². The Labute approximate surface area is 757 Å². The number of hydrogen-bond donors (Lipinski definition) is 14. The number of Topliss-reactive ketones (excluding diaryl/α,β-unsaturated/α-hetero) is 2. The van der Waals surface area contributed by atoms with Gasteiger partial charge in [-0.05, 0) is 128 Å². The molecule has 134 heavy (non-hydrogen) atoms. The summed E-state index contributed by atoms with van der Waals surface area (Å²) in [6.45, 7) is 5.45. The molecule has 7 amide bonds. The third-order valence-electron chi connectivity index (χ3n) is 19.9. The minimum atomic E-state index is -1.09. The Morgan fingerprint density at radius 3 is 0.948 bits per heavy atom. The Morgan fingerprint density at radius 1 is 0.299 bits per heavy atom. The van der Waals surface area contributed by atoms with Gasteiger partial charge in [0, 0.05) is 97.0 Å². The SMILES string of the molecule is C=C(Nc1ccc(NC(=O)c2cccc(O)c2[O-])cc1)c1cccc(O)c1[O-].Cc1cccc(C(=O)NC2CCCCC2NC(=O)c2cccc([O-])c2[O-])c1[O-].O=C(Nc1cc(CC(=O)c2cccc(O)c2[O-])cc(NC(=O)c2cccc(O)c2[O-])c1)c1cccc([O-])c1[O-].O=C(Nc1nc(CC(=O)c2cccc(O)c2[O-])nc(NC(=O)c2cccc(O)c2[O-])n1)c1cccc([O-])c1[O-]. The van der Waals surface area contributed by atoms with Gasteiger partial charge in [0.05, 0.1) is 6.42 Å². The van der Waals surface area contributed by atoms with Crippen LogP contribution >= 0.6 is 0 Å². The summed E-state index contributed by atoms with van der Waals surface area (Å²) >= 11 is 0. The number of nitrogens with one attached hydrogen (secondary N) is 8. The Bertz CT molecular complexity index is 5950. The molecule has 686 valence electrons. The molecule has 14 rings (SSSR count). The smallest absolute Gasteiger partial charge is 0.257 e. The van der Waals surface area contributed by atoms with E-state index in [4.69, 9.17) is 0 Å². The number of anilines is 6. The highest BCUT2D eigenvalue weighted by molar-refractivity contribution is 6.11. The van der Waals surface area contributed by atoms with Gasteiger partial charge >= 0.3 is 0 Å². The topological polar surface area (TPSA) is 710 Å². The number of ketones is 2. The van der Waals surface area contributed by atoms with Crippen LogP contribution in [0.15, 0.2) is 231 Å². The van der Waals surface area contributed by atoms with Crippen LogP contribution in [0.3, 0.4) is 0 Å². The number of aromatic nitrogens is 3. The molecular weight excluding hydrogens is 1740 g/mol. The predicted molar refractivity (Wildman–Crippen MR) is 454 cm³/mol. The molecule has 2 unspecified atom stereocenters. The Balaban J connectivity index is 0.000000174. The largest absolute Gasteiger partial charge is 0.873 e. The predicted octanol–water partition coefficient (Wildman–Crippen LogP) is 4.10. The number of carbonyl (C=O) groups excluding carboxylic acids is 9. The fourth-order valence-electron chi connectivity index (χ4n) is 13.1. The molecule has 12 aromatic carbocycles. The molecular formula is C95H70N11O28-13. The highest BCUT2D eigenvalue weighted by Gasteiger charge is 2.30. The fraction of sp³-hybridized carbons (Fsp3) is 0.0947. The molecule has 39 nitrogen and oxygen atoms in total. The number of aryl methyl sites for hydroxylation is 1. The number of para-hydroxylation sites is 10. The van der Waals surface area contributed by atoms with E-state index in [2.05, 4.69) is 64.1 Å². The molecule has 0 spiro atoms. The molecule has 2 atom stereocenters. The number of nitrogens with zero attached hydrogens (tertiary/aromatic N) is 3. The van der Waals surface area contributed by atoms with Gasteiger partial charge in [0.15, 0.2) is 11.6 Å². The molecule has 0 saturated heterocycles. The molecule has 1 aliphatic carbocycles. The first-order valence-corrected chi connectivity index (χ1v) is 39.7. The lowest BCUT2D eigenvalue weighted by Gasteiger charge is -2.34. The monoisotopic (exact) mass is 1810 g/mol. The maximum absolute atomic E-state index is 12.8. The standard InChI is InChI=1S/C28H22N2O9.C25H19N5O9.C21H18N2O5.C21H24N2O5/c31-20-7-1-4-17(24(20)35)23(34)12-14-10-15(29-27(38)18-5-2-8-21(32)25(18)36)13-16(11-14)30-28(39)19-6-3-9-22(33)26(19)37;31-14-7-1-4-11(19(14)35)17(34)10-18-26-24(28-22(38)12-5-2-8-15(32)20(12)36)30-25(27-18)29-23(39)13-6-3-9-16(33)21(13)37;1-12(15-4-2-6-17(24)19(15)26)22-13-8-10-14(11-9-13)23-21(28)16-5-3-7-18(25)20(16)27;1-12-6-4-7-13(18(12)25)20(27)22-15-9-2-3-10-16(15)23-21(28)14-8-5-11-17(24)19(14)26/h1-11,13,31-33,35-37H,12H2,(H,29,38)(H,30,39);1-9,31-33,35-37H,10H2,(H2,26,27,28,29,30,38,39);2-11,22,24-27H,1H2,(H,23,28);4-8,11,15-16,24-26H,2-3,9-10H2,1H3,(H,22,27)(H,23,28)/p-13. The maximum Gasteiger partial charge on any atom is 0.257 e. The van der Waals surface area contributed by atoms with E-state index >= 15 is 0 Å². The van der Waals surface area contributed by atoms with Crippen LogP contribution in [0.4, 0.5) is 34.6 Å². The van der Waals surface area contributed by atoms with Crippen molar-refractivity contribution in [1.29, 1.82) is 0 Å². The van der Waals surface area contributed by atoms with Gasteiger partial charge in [0.1, 0.15) is 40.3 Å². The average molecular weight is 1810 g/mol. The van der Waals surface area contributed by atoms with E-state index in [1.54, 1.807) is 55.5 Å². The second kappa shape index (κ2) is 42.5. The van der Waals surface area contributed by atoms with Crippen molar-refractivity contribution in [1.82, 2.24) is 25.6 Å². The summed E-state index contributed by atoms with van der Waals surface area (Å²) in [4.78, 5) is 125. The Hall–Kier alpha value is -19.0.